The van der Waals surface area contributed by atoms with Crippen LogP contribution >= 0.6 is 0 Å². The zero-order valence-corrected chi connectivity index (χ0v) is 10.9. The van der Waals surface area contributed by atoms with Crippen LogP contribution in [-0.2, 0) is 19.1 Å². The SMILES string of the molecule is CCOC(=O)C(N=CC(C#N)CC)C(=O)OCC. The summed E-state index contributed by atoms with van der Waals surface area (Å²) >= 11 is 0. The highest BCUT2D eigenvalue weighted by atomic mass is 16.6. The standard InChI is InChI=1S/C12H18N2O4/c1-4-9(7-13)8-14-10(11(15)17-5-2)12(16)18-6-3/h8-10H,4-6H2,1-3H3. The highest BCUT2D eigenvalue weighted by Crippen LogP contribution is 2.02. The number of aliphatic imine (C=N–C) groups is 1. The monoisotopic (exact) mass is 254 g/mol. The normalized spacial score (nSPS) is 12.2. The van der Waals surface area contributed by atoms with Crippen molar-refractivity contribution in [2.45, 2.75) is 33.2 Å². The van der Waals surface area contributed by atoms with E-state index in [4.69, 9.17) is 14.7 Å². The average molecular weight is 254 g/mol. The van der Waals surface area contributed by atoms with Crippen LogP contribution < -0.4 is 0 Å². The maximum atomic E-state index is 11.5. The first-order valence-corrected chi connectivity index (χ1v) is 5.86. The molecule has 0 aliphatic heterocycles. The van der Waals surface area contributed by atoms with E-state index in [1.54, 1.807) is 13.8 Å². The predicted octanol–water partition coefficient (Wildman–Crippen LogP) is 1.10. The minimum atomic E-state index is -1.34. The molecule has 0 aliphatic carbocycles. The molecule has 0 aromatic rings. The van der Waals surface area contributed by atoms with Gasteiger partial charge in [0.05, 0.1) is 25.2 Å². The molecule has 0 saturated carbocycles. The molecule has 0 amide bonds. The van der Waals surface area contributed by atoms with Gasteiger partial charge in [0.2, 0.25) is 6.04 Å². The zero-order valence-electron chi connectivity index (χ0n) is 10.9. The van der Waals surface area contributed by atoms with Crippen LogP contribution in [-0.4, -0.2) is 37.4 Å². The van der Waals surface area contributed by atoms with E-state index in [1.807, 2.05) is 13.0 Å². The van der Waals surface area contributed by atoms with E-state index >= 15 is 0 Å². The van der Waals surface area contributed by atoms with Gasteiger partial charge in [-0.15, -0.1) is 0 Å². The Morgan fingerprint density at radius 1 is 1.22 bits per heavy atom. The summed E-state index contributed by atoms with van der Waals surface area (Å²) in [4.78, 5) is 26.9. The third-order valence-electron chi connectivity index (χ3n) is 2.04. The summed E-state index contributed by atoms with van der Waals surface area (Å²) in [6, 6.07) is 0.655. The number of carbonyl (C=O) groups excluding carboxylic acids is 2. The third kappa shape index (κ3) is 5.43. The molecule has 6 nitrogen and oxygen atoms in total. The van der Waals surface area contributed by atoms with Crippen LogP contribution in [0.15, 0.2) is 4.99 Å². The Labute approximate surface area is 107 Å². The molecule has 1 unspecified atom stereocenters. The fraction of sp³-hybridized carbons (Fsp3) is 0.667. The molecule has 18 heavy (non-hydrogen) atoms. The van der Waals surface area contributed by atoms with Gasteiger partial charge in [-0.2, -0.15) is 5.26 Å². The fourth-order valence-corrected chi connectivity index (χ4v) is 1.08. The van der Waals surface area contributed by atoms with Crippen molar-refractivity contribution in [1.82, 2.24) is 0 Å². The van der Waals surface area contributed by atoms with Gasteiger partial charge >= 0.3 is 11.9 Å². The van der Waals surface area contributed by atoms with Crippen molar-refractivity contribution >= 4 is 18.2 Å². The number of ether oxygens (including phenoxy) is 2. The van der Waals surface area contributed by atoms with E-state index in [0.717, 1.165) is 0 Å². The molecule has 0 N–H and O–H groups in total. The topological polar surface area (TPSA) is 88.8 Å². The summed E-state index contributed by atoms with van der Waals surface area (Å²) in [5.41, 5.74) is 0. The van der Waals surface area contributed by atoms with Crippen LogP contribution in [0.3, 0.4) is 0 Å². The van der Waals surface area contributed by atoms with E-state index in [9.17, 15) is 9.59 Å². The van der Waals surface area contributed by atoms with Crippen LogP contribution in [0.4, 0.5) is 0 Å². The molecule has 0 heterocycles. The van der Waals surface area contributed by atoms with Crippen molar-refractivity contribution in [3.63, 3.8) is 0 Å². The lowest BCUT2D eigenvalue weighted by molar-refractivity contribution is -0.156. The lowest BCUT2D eigenvalue weighted by atomic mass is 10.1. The molecule has 6 heteroatoms. The first-order chi connectivity index (χ1) is 8.60. The number of esters is 2. The number of rotatable bonds is 7. The molecule has 100 valence electrons. The first kappa shape index (κ1) is 16.1. The Morgan fingerprint density at radius 2 is 1.72 bits per heavy atom. The van der Waals surface area contributed by atoms with Gasteiger partial charge in [-0.3, -0.25) is 4.99 Å². The van der Waals surface area contributed by atoms with Gasteiger partial charge in [-0.1, -0.05) is 6.92 Å². The molecule has 0 aromatic carbocycles. The maximum Gasteiger partial charge on any atom is 0.342 e. The zero-order chi connectivity index (χ0) is 14.0. The quantitative estimate of drug-likeness (QED) is 0.385. The third-order valence-corrected chi connectivity index (χ3v) is 2.04. The number of carbonyl (C=O) groups is 2. The summed E-state index contributed by atoms with van der Waals surface area (Å²) in [6.45, 7) is 5.38. The molecule has 0 saturated heterocycles. The minimum absolute atomic E-state index is 0.152. The molecule has 0 aromatic heterocycles. The highest BCUT2D eigenvalue weighted by Gasteiger charge is 2.28. The highest BCUT2D eigenvalue weighted by molar-refractivity contribution is 6.00. The molecule has 0 aliphatic rings. The minimum Gasteiger partial charge on any atom is -0.464 e. The maximum absolute atomic E-state index is 11.5. The van der Waals surface area contributed by atoms with Gasteiger partial charge in [0.15, 0.2) is 0 Å². The van der Waals surface area contributed by atoms with Crippen LogP contribution in [0.25, 0.3) is 0 Å². The smallest absolute Gasteiger partial charge is 0.342 e. The van der Waals surface area contributed by atoms with Crippen molar-refractivity contribution in [1.29, 1.82) is 5.26 Å². The molecule has 0 spiro atoms. The largest absolute Gasteiger partial charge is 0.464 e. The Hall–Kier alpha value is -1.90. The Morgan fingerprint density at radius 3 is 2.06 bits per heavy atom. The van der Waals surface area contributed by atoms with Crippen molar-refractivity contribution in [2.24, 2.45) is 10.9 Å². The van der Waals surface area contributed by atoms with Crippen molar-refractivity contribution < 1.29 is 19.1 Å². The van der Waals surface area contributed by atoms with Gasteiger partial charge in [-0.25, -0.2) is 9.59 Å². The Bertz CT molecular complexity index is 328. The number of nitrogens with zero attached hydrogens (tertiary/aromatic N) is 2. The van der Waals surface area contributed by atoms with Crippen LogP contribution in [0.5, 0.6) is 0 Å². The number of nitriles is 1. The second kappa shape index (κ2) is 9.16. The second-order valence-electron chi connectivity index (χ2n) is 3.35. The summed E-state index contributed by atoms with van der Waals surface area (Å²) in [5, 5.41) is 8.75. The molecular weight excluding hydrogens is 236 g/mol. The average Bonchev–Trinajstić information content (AvgIpc) is 2.35. The lowest BCUT2D eigenvalue weighted by Gasteiger charge is -2.10. The molecule has 0 bridgehead atoms. The predicted molar refractivity (Wildman–Crippen MR) is 64.9 cm³/mol. The first-order valence-electron chi connectivity index (χ1n) is 5.86. The van der Waals surface area contributed by atoms with Crippen molar-refractivity contribution in [3.8, 4) is 6.07 Å². The second-order valence-corrected chi connectivity index (χ2v) is 3.35. The van der Waals surface area contributed by atoms with E-state index < -0.39 is 23.9 Å². The van der Waals surface area contributed by atoms with Crippen LogP contribution in [0.1, 0.15) is 27.2 Å². The van der Waals surface area contributed by atoms with Gasteiger partial charge in [-0.05, 0) is 20.3 Å². The van der Waals surface area contributed by atoms with Gasteiger partial charge < -0.3 is 9.47 Å². The summed E-state index contributed by atoms with van der Waals surface area (Å²) in [6.07, 6.45) is 1.84. The lowest BCUT2D eigenvalue weighted by Crippen LogP contribution is -2.32. The fourth-order valence-electron chi connectivity index (χ4n) is 1.08. The van der Waals surface area contributed by atoms with Crippen LogP contribution in [0, 0.1) is 17.2 Å². The van der Waals surface area contributed by atoms with Gasteiger partial charge in [0, 0.05) is 6.21 Å². The molecule has 0 rings (SSSR count). The Balaban J connectivity index is 4.82. The van der Waals surface area contributed by atoms with E-state index in [1.165, 1.54) is 6.21 Å². The van der Waals surface area contributed by atoms with E-state index in [2.05, 4.69) is 4.99 Å². The Kier molecular flexibility index (Phi) is 8.20. The van der Waals surface area contributed by atoms with Crippen molar-refractivity contribution in [3.05, 3.63) is 0 Å². The molecular formula is C12H18N2O4. The van der Waals surface area contributed by atoms with E-state index in [-0.39, 0.29) is 13.2 Å². The summed E-state index contributed by atoms with van der Waals surface area (Å²) in [7, 11) is 0. The van der Waals surface area contributed by atoms with Gasteiger partial charge in [0.25, 0.3) is 0 Å². The summed E-state index contributed by atoms with van der Waals surface area (Å²) < 4.78 is 9.47. The van der Waals surface area contributed by atoms with Gasteiger partial charge in [0.1, 0.15) is 0 Å². The number of hydrogen-bond acceptors (Lipinski definition) is 6. The molecule has 0 fully saturated rings. The van der Waals surface area contributed by atoms with Crippen molar-refractivity contribution in [2.75, 3.05) is 13.2 Å². The van der Waals surface area contributed by atoms with Crippen LogP contribution in [0.2, 0.25) is 0 Å². The van der Waals surface area contributed by atoms with E-state index in [0.29, 0.717) is 6.42 Å². The summed E-state index contributed by atoms with van der Waals surface area (Å²) in [5.74, 6) is -1.96. The molecule has 0 radical (unpaired) electrons. The number of hydrogen-bond donors (Lipinski definition) is 0. The molecule has 1 atom stereocenters.